The molecule has 0 N–H and O–H groups in total. The lowest BCUT2D eigenvalue weighted by Gasteiger charge is -2.64. The lowest BCUT2D eigenvalue weighted by molar-refractivity contribution is -0.159. The average molecular weight is 556 g/mol. The van der Waals surface area contributed by atoms with Crippen LogP contribution in [0.1, 0.15) is 134 Å². The highest BCUT2D eigenvalue weighted by molar-refractivity contribution is 6.04. The van der Waals surface area contributed by atoms with Crippen LogP contribution in [0, 0.1) is 55.7 Å². The lowest BCUT2D eigenvalue weighted by atomic mass is 9.39. The number of nitrogens with zero attached hydrogens (tertiary/aromatic N) is 1. The number of methoxy groups -OCH3 is 1. The first-order valence-corrected chi connectivity index (χ1v) is 15.4. The summed E-state index contributed by atoms with van der Waals surface area (Å²) in [5.41, 5.74) is -1.76. The van der Waals surface area contributed by atoms with Crippen LogP contribution in [0.3, 0.4) is 0 Å². The van der Waals surface area contributed by atoms with E-state index in [1.807, 2.05) is 19.9 Å². The van der Waals surface area contributed by atoms with Gasteiger partial charge in [-0.15, -0.1) is 0 Å². The van der Waals surface area contributed by atoms with Crippen LogP contribution in [0.25, 0.3) is 0 Å². The Hall–Kier alpha value is -1.96. The molecule has 0 aromatic heterocycles. The van der Waals surface area contributed by atoms with Crippen molar-refractivity contribution in [1.29, 1.82) is 5.26 Å². The minimum absolute atomic E-state index is 0.0326. The molecule has 0 spiro atoms. The summed E-state index contributed by atoms with van der Waals surface area (Å²) < 4.78 is 5.34. The zero-order valence-corrected chi connectivity index (χ0v) is 27.7. The van der Waals surface area contributed by atoms with Crippen molar-refractivity contribution in [2.75, 3.05) is 7.11 Å². The summed E-state index contributed by atoms with van der Waals surface area (Å²) in [6, 6.07) is 2.18. The summed E-state index contributed by atoms with van der Waals surface area (Å²) in [7, 11) is 1.49. The lowest BCUT2D eigenvalue weighted by Crippen LogP contribution is -2.60. The van der Waals surface area contributed by atoms with Gasteiger partial charge in [-0.1, -0.05) is 74.8 Å². The second kappa shape index (κ2) is 11.7. The molecule has 2 aliphatic rings. The Balaban J connectivity index is 2.51. The van der Waals surface area contributed by atoms with Crippen molar-refractivity contribution in [2.45, 2.75) is 134 Å². The zero-order chi connectivity index (χ0) is 30.9. The molecule has 2 aliphatic carbocycles. The van der Waals surface area contributed by atoms with Crippen molar-refractivity contribution in [1.82, 2.24) is 0 Å². The fourth-order valence-corrected chi connectivity index (χ4v) is 8.57. The first-order valence-electron chi connectivity index (χ1n) is 15.4. The third-order valence-corrected chi connectivity index (χ3v) is 11.8. The Morgan fingerprint density at radius 2 is 1.60 bits per heavy atom. The van der Waals surface area contributed by atoms with Crippen molar-refractivity contribution in [3.05, 3.63) is 11.6 Å². The molecule has 0 unspecified atom stereocenters. The van der Waals surface area contributed by atoms with Gasteiger partial charge in [0.1, 0.15) is 11.9 Å². The van der Waals surface area contributed by atoms with Crippen LogP contribution in [-0.2, 0) is 19.1 Å². The van der Waals surface area contributed by atoms with Crippen LogP contribution < -0.4 is 0 Å². The molecular weight excluding hydrogens is 498 g/mol. The number of Topliss-reactive ketones (excluding diaryl/α,β-unsaturated/α-hetero) is 2. The monoisotopic (exact) mass is 555 g/mol. The average Bonchev–Trinajstić information content (AvgIpc) is 2.85. The maximum atomic E-state index is 13.2. The number of ether oxygens (including phenoxy) is 1. The molecule has 5 nitrogen and oxygen atoms in total. The highest BCUT2D eigenvalue weighted by Crippen LogP contribution is 2.68. The van der Waals surface area contributed by atoms with Crippen molar-refractivity contribution in [3.63, 3.8) is 0 Å². The van der Waals surface area contributed by atoms with Gasteiger partial charge in [-0.25, -0.2) is 0 Å². The van der Waals surface area contributed by atoms with E-state index >= 15 is 0 Å². The van der Waals surface area contributed by atoms with E-state index in [2.05, 4.69) is 61.5 Å². The molecule has 5 heteroatoms. The summed E-state index contributed by atoms with van der Waals surface area (Å²) in [5, 5.41) is 9.90. The largest absolute Gasteiger partial charge is 0.469 e. The van der Waals surface area contributed by atoms with Crippen molar-refractivity contribution in [2.24, 2.45) is 44.3 Å². The number of esters is 1. The Kier molecular flexibility index (Phi) is 10.0. The number of allylic oxidation sites excluding steroid dienone is 2. The number of carbonyl (C=O) groups is 3. The van der Waals surface area contributed by atoms with E-state index in [9.17, 15) is 19.6 Å². The van der Waals surface area contributed by atoms with Crippen molar-refractivity contribution < 1.29 is 19.1 Å². The first kappa shape index (κ1) is 34.2. The Labute approximate surface area is 244 Å². The highest BCUT2D eigenvalue weighted by atomic mass is 16.5. The minimum atomic E-state index is -0.663. The quantitative estimate of drug-likeness (QED) is 0.225. The van der Waals surface area contributed by atoms with Crippen molar-refractivity contribution in [3.8, 4) is 6.07 Å². The van der Waals surface area contributed by atoms with E-state index in [1.54, 1.807) is 6.92 Å². The highest BCUT2D eigenvalue weighted by Gasteiger charge is 2.63. The molecule has 0 bridgehead atoms. The number of ketones is 2. The standard InChI is InChI=1S/C35H57NO4/c1-13-15-30(3,4)17-19-33(9,29(39)40-12)20-18-31(5,6)35(11)16-14-26-32(7,8)28(38)25(23-36)22-34(26,10)27(35)21-24(2)37/h22,26-27H,13-21H2,1-12H3/t26-,27+,33-,34-,35+/m0/s1. The van der Waals surface area contributed by atoms with Crippen LogP contribution in [-0.4, -0.2) is 24.6 Å². The van der Waals surface area contributed by atoms with Gasteiger partial charge in [-0.2, -0.15) is 5.26 Å². The summed E-state index contributed by atoms with van der Waals surface area (Å²) in [6.07, 6.45) is 9.58. The molecule has 40 heavy (non-hydrogen) atoms. The Morgan fingerprint density at radius 1 is 1.02 bits per heavy atom. The molecule has 1 saturated carbocycles. The molecule has 0 heterocycles. The molecule has 2 rings (SSSR count). The van der Waals surface area contributed by atoms with Gasteiger partial charge in [0.2, 0.25) is 0 Å². The van der Waals surface area contributed by atoms with Crippen molar-refractivity contribution >= 4 is 17.5 Å². The fourth-order valence-electron chi connectivity index (χ4n) is 8.57. The molecule has 1 fully saturated rings. The van der Waals surface area contributed by atoms with Crippen LogP contribution in [0.4, 0.5) is 0 Å². The molecule has 0 aromatic rings. The predicted octanol–water partition coefficient (Wildman–Crippen LogP) is 8.66. The van der Waals surface area contributed by atoms with E-state index in [-0.39, 0.29) is 51.2 Å². The summed E-state index contributed by atoms with van der Waals surface area (Å²) in [4.78, 5) is 39.2. The normalized spacial score (nSPS) is 30.0. The second-order valence-electron chi connectivity index (χ2n) is 15.9. The van der Waals surface area contributed by atoms with Gasteiger partial charge < -0.3 is 9.53 Å². The predicted molar refractivity (Wildman–Crippen MR) is 161 cm³/mol. The fraction of sp³-hybridized carbons (Fsp3) is 0.829. The SMILES string of the molecule is CCCC(C)(C)CC[C@@](C)(CCC(C)(C)[C@]1(C)CC[C@H]2C(C)(C)C(=O)C(C#N)=C[C@]2(C)[C@H]1CC(C)=O)C(=O)OC. The third kappa shape index (κ3) is 6.27. The van der Waals surface area contributed by atoms with E-state index in [1.165, 1.54) is 7.11 Å². The van der Waals surface area contributed by atoms with Crippen LogP contribution in [0.2, 0.25) is 0 Å². The van der Waals surface area contributed by atoms with Gasteiger partial charge in [0.05, 0.1) is 18.1 Å². The first-order chi connectivity index (χ1) is 18.2. The van der Waals surface area contributed by atoms with Gasteiger partial charge >= 0.3 is 5.97 Å². The van der Waals surface area contributed by atoms with Crippen LogP contribution >= 0.6 is 0 Å². The van der Waals surface area contributed by atoms with E-state index in [0.717, 1.165) is 44.9 Å². The van der Waals surface area contributed by atoms with Crippen LogP contribution in [0.15, 0.2) is 11.6 Å². The molecule has 0 aromatic carbocycles. The van der Waals surface area contributed by atoms with Crippen LogP contribution in [0.5, 0.6) is 0 Å². The summed E-state index contributed by atoms with van der Waals surface area (Å²) in [5.74, 6) is -0.0746. The molecule has 0 aliphatic heterocycles. The van der Waals surface area contributed by atoms with E-state index < -0.39 is 16.2 Å². The topological polar surface area (TPSA) is 84.2 Å². The summed E-state index contributed by atoms with van der Waals surface area (Å²) in [6.45, 7) is 23.5. The van der Waals surface area contributed by atoms with Gasteiger partial charge in [0.25, 0.3) is 0 Å². The number of carbonyl (C=O) groups excluding carboxylic acids is 3. The van der Waals surface area contributed by atoms with Gasteiger partial charge in [-0.05, 0) is 92.3 Å². The van der Waals surface area contributed by atoms with Gasteiger partial charge in [-0.3, -0.25) is 9.59 Å². The third-order valence-electron chi connectivity index (χ3n) is 11.8. The van der Waals surface area contributed by atoms with E-state index in [4.69, 9.17) is 4.74 Å². The Bertz CT molecular complexity index is 1060. The zero-order valence-electron chi connectivity index (χ0n) is 27.7. The number of hydrogen-bond donors (Lipinski definition) is 0. The van der Waals surface area contributed by atoms with Gasteiger partial charge in [0.15, 0.2) is 5.78 Å². The van der Waals surface area contributed by atoms with Gasteiger partial charge in [0, 0.05) is 11.8 Å². The minimum Gasteiger partial charge on any atom is -0.469 e. The molecular formula is C35H57NO4. The number of hydrogen-bond acceptors (Lipinski definition) is 5. The Morgan fingerprint density at radius 3 is 2.10 bits per heavy atom. The molecule has 0 saturated heterocycles. The molecule has 226 valence electrons. The summed E-state index contributed by atoms with van der Waals surface area (Å²) >= 11 is 0. The number of rotatable bonds is 12. The number of nitriles is 1. The molecule has 5 atom stereocenters. The van der Waals surface area contributed by atoms with E-state index in [0.29, 0.717) is 12.8 Å². The number of fused-ring (bicyclic) bond motifs is 1. The molecule has 0 amide bonds. The maximum Gasteiger partial charge on any atom is 0.311 e. The maximum absolute atomic E-state index is 13.2. The smallest absolute Gasteiger partial charge is 0.311 e. The second-order valence-corrected chi connectivity index (χ2v) is 15.9. The molecule has 0 radical (unpaired) electrons.